The summed E-state index contributed by atoms with van der Waals surface area (Å²) < 4.78 is 30.4. The van der Waals surface area contributed by atoms with Gasteiger partial charge in [0.15, 0.2) is 0 Å². The van der Waals surface area contributed by atoms with E-state index in [0.717, 1.165) is 12.7 Å². The molecule has 28 heavy (non-hydrogen) atoms. The normalized spacial score (nSPS) is 17.2. The topological polar surface area (TPSA) is 109 Å². The summed E-state index contributed by atoms with van der Waals surface area (Å²) in [5.41, 5.74) is 0.711. The van der Waals surface area contributed by atoms with E-state index < -0.39 is 10.0 Å². The van der Waals surface area contributed by atoms with Crippen LogP contribution in [0.4, 0.5) is 5.69 Å². The lowest BCUT2D eigenvalue weighted by molar-refractivity contribution is -0.126. The zero-order chi connectivity index (χ0) is 20.1. The largest absolute Gasteiger partial charge is 0.467 e. The summed E-state index contributed by atoms with van der Waals surface area (Å²) in [5.74, 6) is 0.0550. The highest BCUT2D eigenvalue weighted by Gasteiger charge is 2.29. The summed E-state index contributed by atoms with van der Waals surface area (Å²) in [6.07, 6.45) is 4.04. The Hall–Kier alpha value is -2.81. The van der Waals surface area contributed by atoms with Crippen LogP contribution in [0.25, 0.3) is 0 Å². The molecular weight excluding hydrogens is 382 g/mol. The Labute approximate surface area is 164 Å². The number of hydrogen-bond donors (Lipinski definition) is 2. The Balaban J connectivity index is 1.62. The van der Waals surface area contributed by atoms with Gasteiger partial charge in [-0.2, -0.15) is 0 Å². The van der Waals surface area contributed by atoms with E-state index in [2.05, 4.69) is 10.0 Å². The van der Waals surface area contributed by atoms with Crippen LogP contribution in [-0.2, 0) is 21.4 Å². The van der Waals surface area contributed by atoms with Crippen molar-refractivity contribution < 1.29 is 22.4 Å². The molecule has 0 saturated carbocycles. The van der Waals surface area contributed by atoms with Crippen molar-refractivity contribution in [1.82, 2.24) is 10.2 Å². The van der Waals surface area contributed by atoms with Crippen LogP contribution >= 0.6 is 0 Å². The molecule has 1 aliphatic heterocycles. The molecule has 2 amide bonds. The molecule has 2 aromatic rings. The number of rotatable bonds is 6. The molecule has 1 fully saturated rings. The standard InChI is InChI=1S/C19H23N3O5S/c1-28(25,26)21-16-7-2-5-14(11-16)19(24)22-9-3-6-15(13-22)18(23)20-12-17-8-4-10-27-17/h2,4-5,7-8,10-11,15,21H,3,6,9,12-13H2,1H3,(H,20,23). The molecule has 2 heterocycles. The highest BCUT2D eigenvalue weighted by Crippen LogP contribution is 2.21. The molecule has 0 bridgehead atoms. The number of nitrogens with one attached hydrogen (secondary N) is 2. The second-order valence-corrected chi connectivity index (χ2v) is 8.59. The van der Waals surface area contributed by atoms with Gasteiger partial charge in [-0.15, -0.1) is 0 Å². The minimum absolute atomic E-state index is 0.110. The molecule has 1 atom stereocenters. The number of sulfonamides is 1. The monoisotopic (exact) mass is 405 g/mol. The average Bonchev–Trinajstić information content (AvgIpc) is 3.18. The van der Waals surface area contributed by atoms with Gasteiger partial charge in [-0.3, -0.25) is 14.3 Å². The molecular formula is C19H23N3O5S. The van der Waals surface area contributed by atoms with E-state index in [1.165, 1.54) is 6.07 Å². The predicted octanol–water partition coefficient (Wildman–Crippen LogP) is 1.82. The molecule has 0 spiro atoms. The maximum Gasteiger partial charge on any atom is 0.253 e. The Morgan fingerprint density at radius 1 is 1.25 bits per heavy atom. The van der Waals surface area contributed by atoms with E-state index >= 15 is 0 Å². The van der Waals surface area contributed by atoms with Gasteiger partial charge in [-0.25, -0.2) is 8.42 Å². The number of carbonyl (C=O) groups is 2. The lowest BCUT2D eigenvalue weighted by atomic mass is 9.96. The molecule has 1 aromatic carbocycles. The average molecular weight is 405 g/mol. The number of benzene rings is 1. The number of furan rings is 1. The lowest BCUT2D eigenvalue weighted by Gasteiger charge is -2.32. The van der Waals surface area contributed by atoms with Gasteiger partial charge in [0.05, 0.1) is 25.0 Å². The predicted molar refractivity (Wildman–Crippen MR) is 104 cm³/mol. The number of nitrogens with zero attached hydrogens (tertiary/aromatic N) is 1. The quantitative estimate of drug-likeness (QED) is 0.762. The van der Waals surface area contributed by atoms with Crippen LogP contribution < -0.4 is 10.0 Å². The number of likely N-dealkylation sites (tertiary alicyclic amines) is 1. The van der Waals surface area contributed by atoms with Crippen LogP contribution in [0.5, 0.6) is 0 Å². The van der Waals surface area contributed by atoms with Gasteiger partial charge in [0, 0.05) is 24.3 Å². The second kappa shape index (κ2) is 8.47. The fourth-order valence-corrected chi connectivity index (χ4v) is 3.77. The summed E-state index contributed by atoms with van der Waals surface area (Å²) in [6.45, 7) is 1.20. The first-order chi connectivity index (χ1) is 13.3. The smallest absolute Gasteiger partial charge is 0.253 e. The third-order valence-electron chi connectivity index (χ3n) is 4.51. The van der Waals surface area contributed by atoms with Gasteiger partial charge in [-0.1, -0.05) is 6.07 Å². The number of anilines is 1. The Bertz CT molecular complexity index is 940. The van der Waals surface area contributed by atoms with Crippen molar-refractivity contribution in [3.05, 3.63) is 54.0 Å². The van der Waals surface area contributed by atoms with Gasteiger partial charge in [-0.05, 0) is 43.2 Å². The molecule has 3 rings (SSSR count). The summed E-state index contributed by atoms with van der Waals surface area (Å²) in [5, 5.41) is 2.84. The number of piperidine rings is 1. The summed E-state index contributed by atoms with van der Waals surface area (Å²) in [6, 6.07) is 9.89. The maximum absolute atomic E-state index is 12.8. The first-order valence-electron chi connectivity index (χ1n) is 8.99. The van der Waals surface area contributed by atoms with Crippen LogP contribution in [-0.4, -0.2) is 44.5 Å². The van der Waals surface area contributed by atoms with Crippen LogP contribution in [0.3, 0.4) is 0 Å². The van der Waals surface area contributed by atoms with E-state index in [1.54, 1.807) is 41.5 Å². The van der Waals surface area contributed by atoms with E-state index in [9.17, 15) is 18.0 Å². The van der Waals surface area contributed by atoms with Gasteiger partial charge in [0.25, 0.3) is 5.91 Å². The number of amides is 2. The van der Waals surface area contributed by atoms with Crippen LogP contribution in [0.15, 0.2) is 47.1 Å². The van der Waals surface area contributed by atoms with Crippen molar-refractivity contribution in [3.63, 3.8) is 0 Å². The van der Waals surface area contributed by atoms with Crippen molar-refractivity contribution in [2.45, 2.75) is 19.4 Å². The second-order valence-electron chi connectivity index (χ2n) is 6.84. The molecule has 150 valence electrons. The number of carbonyl (C=O) groups excluding carboxylic acids is 2. The maximum atomic E-state index is 12.8. The first kappa shape index (κ1) is 19.9. The third-order valence-corrected chi connectivity index (χ3v) is 5.12. The molecule has 2 N–H and O–H groups in total. The van der Waals surface area contributed by atoms with Crippen molar-refractivity contribution >= 4 is 27.5 Å². The Morgan fingerprint density at radius 3 is 2.79 bits per heavy atom. The molecule has 0 aliphatic carbocycles. The number of hydrogen-bond acceptors (Lipinski definition) is 5. The van der Waals surface area contributed by atoms with Gasteiger partial charge in [0.1, 0.15) is 5.76 Å². The van der Waals surface area contributed by atoms with Crippen molar-refractivity contribution in [3.8, 4) is 0 Å². The zero-order valence-electron chi connectivity index (χ0n) is 15.6. The van der Waals surface area contributed by atoms with Crippen LogP contribution in [0, 0.1) is 5.92 Å². The molecule has 0 radical (unpaired) electrons. The third kappa shape index (κ3) is 5.35. The first-order valence-corrected chi connectivity index (χ1v) is 10.9. The SMILES string of the molecule is CS(=O)(=O)Nc1cccc(C(=O)N2CCCC(C(=O)NCc3ccco3)C2)c1. The lowest BCUT2D eigenvalue weighted by Crippen LogP contribution is -2.45. The molecule has 9 heteroatoms. The molecule has 1 unspecified atom stereocenters. The minimum atomic E-state index is -3.43. The van der Waals surface area contributed by atoms with Crippen molar-refractivity contribution in [2.75, 3.05) is 24.1 Å². The Morgan fingerprint density at radius 2 is 2.07 bits per heavy atom. The molecule has 1 saturated heterocycles. The summed E-state index contributed by atoms with van der Waals surface area (Å²) in [7, 11) is -3.43. The highest BCUT2D eigenvalue weighted by molar-refractivity contribution is 7.92. The summed E-state index contributed by atoms with van der Waals surface area (Å²) in [4.78, 5) is 26.9. The van der Waals surface area contributed by atoms with E-state index in [-0.39, 0.29) is 17.7 Å². The molecule has 8 nitrogen and oxygen atoms in total. The minimum Gasteiger partial charge on any atom is -0.467 e. The summed E-state index contributed by atoms with van der Waals surface area (Å²) >= 11 is 0. The van der Waals surface area contributed by atoms with Crippen molar-refractivity contribution in [1.29, 1.82) is 0 Å². The highest BCUT2D eigenvalue weighted by atomic mass is 32.2. The zero-order valence-corrected chi connectivity index (χ0v) is 16.4. The van der Waals surface area contributed by atoms with Gasteiger partial charge < -0.3 is 14.6 Å². The molecule has 1 aromatic heterocycles. The van der Waals surface area contributed by atoms with Crippen molar-refractivity contribution in [2.24, 2.45) is 5.92 Å². The van der Waals surface area contributed by atoms with E-state index in [1.807, 2.05) is 0 Å². The van der Waals surface area contributed by atoms with Gasteiger partial charge in [0.2, 0.25) is 15.9 Å². The van der Waals surface area contributed by atoms with E-state index in [4.69, 9.17) is 4.42 Å². The molecule has 1 aliphatic rings. The van der Waals surface area contributed by atoms with Crippen LogP contribution in [0.1, 0.15) is 29.0 Å². The fraction of sp³-hybridized carbons (Fsp3) is 0.368. The van der Waals surface area contributed by atoms with Crippen LogP contribution in [0.2, 0.25) is 0 Å². The fourth-order valence-electron chi connectivity index (χ4n) is 3.22. The van der Waals surface area contributed by atoms with Gasteiger partial charge >= 0.3 is 0 Å². The van der Waals surface area contributed by atoms with E-state index in [0.29, 0.717) is 43.1 Å². The Kier molecular flexibility index (Phi) is 6.03.